The number of benzene rings is 2. The Morgan fingerprint density at radius 3 is 2.81 bits per heavy atom. The Bertz CT molecular complexity index is 1520. The third-order valence-corrected chi connectivity index (χ3v) is 5.27. The normalized spacial score (nSPS) is 12.3. The standard InChI is InChI=1S/C23H18FN5O3/c1-28-10-9-25-22(28)19(14-5-4-6-15(24)11-14)27-18(30)12-29-13-26-20-16-7-2-3-8-17(16)32-21(20)23(29)31/h2-11,13,19H,12H2,1H3,(H,27,30)/t19-/m1/s1. The number of imidazole rings is 1. The Labute approximate surface area is 180 Å². The Kier molecular flexibility index (Phi) is 4.78. The summed E-state index contributed by atoms with van der Waals surface area (Å²) in [5.74, 6) is -0.351. The van der Waals surface area contributed by atoms with Gasteiger partial charge in [-0.15, -0.1) is 0 Å². The smallest absolute Gasteiger partial charge is 0.297 e. The molecule has 1 N–H and O–H groups in total. The third-order valence-electron chi connectivity index (χ3n) is 5.27. The monoisotopic (exact) mass is 431 g/mol. The van der Waals surface area contributed by atoms with Crippen LogP contribution in [0.15, 0.2) is 76.5 Å². The van der Waals surface area contributed by atoms with E-state index in [0.29, 0.717) is 22.5 Å². The van der Waals surface area contributed by atoms with Crippen LogP contribution in [0.1, 0.15) is 17.4 Å². The van der Waals surface area contributed by atoms with Gasteiger partial charge >= 0.3 is 0 Å². The SMILES string of the molecule is Cn1ccnc1[C@H](NC(=O)Cn1cnc2c(oc3ccccc32)c1=O)c1cccc(F)c1. The average Bonchev–Trinajstić information content (AvgIpc) is 3.38. The summed E-state index contributed by atoms with van der Waals surface area (Å²) in [5, 5.41) is 3.58. The molecule has 5 rings (SSSR count). The van der Waals surface area contributed by atoms with Crippen molar-refractivity contribution in [1.82, 2.24) is 24.4 Å². The molecule has 0 radical (unpaired) electrons. The molecular formula is C23H18FN5O3. The van der Waals surface area contributed by atoms with E-state index in [1.54, 1.807) is 48.3 Å². The van der Waals surface area contributed by atoms with Gasteiger partial charge in [0.25, 0.3) is 5.56 Å². The second-order valence-corrected chi connectivity index (χ2v) is 7.41. The first kappa shape index (κ1) is 19.7. The topological polar surface area (TPSA) is 95.0 Å². The van der Waals surface area contributed by atoms with E-state index in [0.717, 1.165) is 5.39 Å². The fourth-order valence-corrected chi connectivity index (χ4v) is 3.73. The van der Waals surface area contributed by atoms with Crippen LogP contribution in [0.3, 0.4) is 0 Å². The van der Waals surface area contributed by atoms with Gasteiger partial charge in [-0.1, -0.05) is 24.3 Å². The van der Waals surface area contributed by atoms with E-state index >= 15 is 0 Å². The molecule has 2 aromatic carbocycles. The Balaban J connectivity index is 1.46. The van der Waals surface area contributed by atoms with Crippen molar-refractivity contribution in [3.63, 3.8) is 0 Å². The molecule has 32 heavy (non-hydrogen) atoms. The molecule has 8 nitrogen and oxygen atoms in total. The summed E-state index contributed by atoms with van der Waals surface area (Å²) in [6.45, 7) is -0.283. The molecule has 1 atom stereocenters. The highest BCUT2D eigenvalue weighted by Gasteiger charge is 2.22. The highest BCUT2D eigenvalue weighted by Crippen LogP contribution is 2.24. The zero-order valence-electron chi connectivity index (χ0n) is 17.0. The zero-order chi connectivity index (χ0) is 22.2. The van der Waals surface area contributed by atoms with Gasteiger partial charge in [-0.25, -0.2) is 14.4 Å². The summed E-state index contributed by atoms with van der Waals surface area (Å²) >= 11 is 0. The van der Waals surface area contributed by atoms with Crippen LogP contribution in [-0.4, -0.2) is 25.0 Å². The largest absolute Gasteiger partial charge is 0.448 e. The van der Waals surface area contributed by atoms with E-state index in [-0.39, 0.29) is 12.1 Å². The van der Waals surface area contributed by atoms with E-state index in [1.165, 1.54) is 23.0 Å². The first-order valence-corrected chi connectivity index (χ1v) is 9.90. The van der Waals surface area contributed by atoms with Crippen LogP contribution in [-0.2, 0) is 18.4 Å². The molecule has 0 unspecified atom stereocenters. The van der Waals surface area contributed by atoms with Gasteiger partial charge in [0, 0.05) is 24.8 Å². The van der Waals surface area contributed by atoms with Crippen molar-refractivity contribution in [2.75, 3.05) is 0 Å². The maximum atomic E-state index is 13.8. The number of halogens is 1. The maximum absolute atomic E-state index is 13.8. The molecule has 0 aliphatic carbocycles. The minimum Gasteiger partial charge on any atom is -0.448 e. The first-order valence-electron chi connectivity index (χ1n) is 9.90. The minimum absolute atomic E-state index is 0.0901. The number of hydrogen-bond acceptors (Lipinski definition) is 5. The van der Waals surface area contributed by atoms with Gasteiger partial charge in [-0.3, -0.25) is 14.2 Å². The zero-order valence-corrected chi connectivity index (χ0v) is 17.0. The molecular weight excluding hydrogens is 413 g/mol. The highest BCUT2D eigenvalue weighted by molar-refractivity contribution is 6.01. The second kappa shape index (κ2) is 7.77. The van der Waals surface area contributed by atoms with E-state index < -0.39 is 23.3 Å². The molecule has 5 aromatic rings. The van der Waals surface area contributed by atoms with Crippen molar-refractivity contribution in [3.8, 4) is 0 Å². The molecule has 0 saturated heterocycles. The lowest BCUT2D eigenvalue weighted by Crippen LogP contribution is -2.36. The molecule has 3 heterocycles. The lowest BCUT2D eigenvalue weighted by molar-refractivity contribution is -0.122. The summed E-state index contributed by atoms with van der Waals surface area (Å²) in [7, 11) is 1.78. The number of fused-ring (bicyclic) bond motifs is 3. The molecule has 0 aliphatic heterocycles. The van der Waals surface area contributed by atoms with Crippen LogP contribution < -0.4 is 10.9 Å². The van der Waals surface area contributed by atoms with Gasteiger partial charge in [0.15, 0.2) is 0 Å². The van der Waals surface area contributed by atoms with Crippen molar-refractivity contribution in [2.24, 2.45) is 7.05 Å². The van der Waals surface area contributed by atoms with Gasteiger partial charge in [0.2, 0.25) is 11.5 Å². The van der Waals surface area contributed by atoms with Gasteiger partial charge in [-0.05, 0) is 29.8 Å². The van der Waals surface area contributed by atoms with Crippen molar-refractivity contribution in [3.05, 3.63) is 94.8 Å². The van der Waals surface area contributed by atoms with Crippen LogP contribution >= 0.6 is 0 Å². The number of carbonyl (C=O) groups excluding carboxylic acids is 1. The number of rotatable bonds is 5. The number of carbonyl (C=O) groups is 1. The van der Waals surface area contributed by atoms with E-state index in [4.69, 9.17) is 4.42 Å². The predicted octanol–water partition coefficient (Wildman–Crippen LogP) is 2.92. The van der Waals surface area contributed by atoms with Crippen LogP contribution in [0.2, 0.25) is 0 Å². The summed E-state index contributed by atoms with van der Waals surface area (Å²) in [6.07, 6.45) is 4.65. The minimum atomic E-state index is -0.697. The van der Waals surface area contributed by atoms with Gasteiger partial charge in [0.1, 0.15) is 35.3 Å². The highest BCUT2D eigenvalue weighted by atomic mass is 19.1. The van der Waals surface area contributed by atoms with Crippen LogP contribution in [0.25, 0.3) is 22.1 Å². The molecule has 160 valence electrons. The number of para-hydroxylation sites is 1. The number of aromatic nitrogens is 4. The second-order valence-electron chi connectivity index (χ2n) is 7.41. The average molecular weight is 431 g/mol. The number of nitrogens with one attached hydrogen (secondary N) is 1. The molecule has 0 saturated carbocycles. The van der Waals surface area contributed by atoms with E-state index in [2.05, 4.69) is 15.3 Å². The summed E-state index contributed by atoms with van der Waals surface area (Å²) in [5.41, 5.74) is 1.17. The molecule has 1 amide bonds. The van der Waals surface area contributed by atoms with Gasteiger partial charge in [-0.2, -0.15) is 0 Å². The van der Waals surface area contributed by atoms with Crippen LogP contribution in [0.5, 0.6) is 0 Å². The van der Waals surface area contributed by atoms with Gasteiger partial charge in [0.05, 0.1) is 6.33 Å². The predicted molar refractivity (Wildman–Crippen MR) is 115 cm³/mol. The van der Waals surface area contributed by atoms with Crippen LogP contribution in [0.4, 0.5) is 4.39 Å². The number of nitrogens with zero attached hydrogens (tertiary/aromatic N) is 4. The molecule has 3 aromatic heterocycles. The number of hydrogen-bond donors (Lipinski definition) is 1. The molecule has 0 bridgehead atoms. The quantitative estimate of drug-likeness (QED) is 0.462. The molecule has 9 heteroatoms. The Hall–Kier alpha value is -4.27. The van der Waals surface area contributed by atoms with Crippen LogP contribution in [0, 0.1) is 5.82 Å². The number of amides is 1. The van der Waals surface area contributed by atoms with E-state index in [1.807, 2.05) is 12.1 Å². The fourth-order valence-electron chi connectivity index (χ4n) is 3.73. The Morgan fingerprint density at radius 1 is 1.19 bits per heavy atom. The molecule has 0 aliphatic rings. The molecule has 0 fully saturated rings. The number of aryl methyl sites for hydroxylation is 1. The maximum Gasteiger partial charge on any atom is 0.297 e. The molecule has 0 spiro atoms. The van der Waals surface area contributed by atoms with Gasteiger partial charge < -0.3 is 14.3 Å². The van der Waals surface area contributed by atoms with Crippen molar-refractivity contribution in [1.29, 1.82) is 0 Å². The van der Waals surface area contributed by atoms with Crippen molar-refractivity contribution >= 4 is 28.0 Å². The first-order chi connectivity index (χ1) is 15.5. The number of furan rings is 1. The third kappa shape index (κ3) is 3.43. The fraction of sp³-hybridized carbons (Fsp3) is 0.130. The summed E-state index contributed by atoms with van der Waals surface area (Å²) < 4.78 is 22.4. The Morgan fingerprint density at radius 2 is 2.03 bits per heavy atom. The van der Waals surface area contributed by atoms with Crippen molar-refractivity contribution < 1.29 is 13.6 Å². The summed E-state index contributed by atoms with van der Waals surface area (Å²) in [6, 6.07) is 12.5. The lowest BCUT2D eigenvalue weighted by Gasteiger charge is -2.19. The lowest BCUT2D eigenvalue weighted by atomic mass is 10.1. The summed E-state index contributed by atoms with van der Waals surface area (Å²) in [4.78, 5) is 34.4. The van der Waals surface area contributed by atoms with E-state index in [9.17, 15) is 14.0 Å². The van der Waals surface area contributed by atoms with Crippen molar-refractivity contribution in [2.45, 2.75) is 12.6 Å².